The SMILES string of the molecule is O=C1Nc2cccc(CCCC(c3ccc(F)cc3)c3ccc(F)cc3)c2C12CCNCC2. The normalized spacial score (nSPS) is 16.8. The van der Waals surface area contributed by atoms with Crippen LogP contribution in [0.3, 0.4) is 0 Å². The summed E-state index contributed by atoms with van der Waals surface area (Å²) in [4.78, 5) is 13.0. The molecule has 0 bridgehead atoms. The smallest absolute Gasteiger partial charge is 0.235 e. The molecule has 0 saturated carbocycles. The predicted molar refractivity (Wildman–Crippen MR) is 126 cm³/mol. The second-order valence-electron chi connectivity index (χ2n) is 9.17. The molecule has 2 heterocycles. The highest BCUT2D eigenvalue weighted by atomic mass is 19.1. The van der Waals surface area contributed by atoms with E-state index in [0.717, 1.165) is 62.0 Å². The Hall–Kier alpha value is -3.05. The summed E-state index contributed by atoms with van der Waals surface area (Å²) in [6.07, 6.45) is 4.23. The molecule has 33 heavy (non-hydrogen) atoms. The Morgan fingerprint density at radius 3 is 2.06 bits per heavy atom. The molecule has 0 aromatic heterocycles. The van der Waals surface area contributed by atoms with Crippen LogP contribution >= 0.6 is 0 Å². The number of aryl methyl sites for hydroxylation is 1. The fourth-order valence-corrected chi connectivity index (χ4v) is 5.58. The zero-order valence-electron chi connectivity index (χ0n) is 18.5. The minimum Gasteiger partial charge on any atom is -0.325 e. The molecule has 0 radical (unpaired) electrons. The van der Waals surface area contributed by atoms with Gasteiger partial charge in [0.05, 0.1) is 5.41 Å². The van der Waals surface area contributed by atoms with Gasteiger partial charge in [0.25, 0.3) is 0 Å². The van der Waals surface area contributed by atoms with Crippen LogP contribution in [0.2, 0.25) is 0 Å². The minimum absolute atomic E-state index is 0.0514. The average Bonchev–Trinajstić information content (AvgIpc) is 3.10. The van der Waals surface area contributed by atoms with Gasteiger partial charge in [-0.3, -0.25) is 4.79 Å². The number of hydrogen-bond acceptors (Lipinski definition) is 2. The van der Waals surface area contributed by atoms with Gasteiger partial charge in [0.15, 0.2) is 0 Å². The fraction of sp³-hybridized carbons (Fsp3) is 0.321. The number of hydrogen-bond donors (Lipinski definition) is 2. The zero-order chi connectivity index (χ0) is 22.8. The van der Waals surface area contributed by atoms with E-state index in [1.807, 2.05) is 36.4 Å². The van der Waals surface area contributed by atoms with Gasteiger partial charge in [-0.1, -0.05) is 36.4 Å². The number of rotatable bonds is 6. The van der Waals surface area contributed by atoms with Crippen molar-refractivity contribution in [3.63, 3.8) is 0 Å². The Bertz CT molecular complexity index is 1090. The predicted octanol–water partition coefficient (Wildman–Crippen LogP) is 5.69. The molecule has 2 aliphatic rings. The molecule has 1 fully saturated rings. The van der Waals surface area contributed by atoms with Crippen molar-refractivity contribution in [1.29, 1.82) is 0 Å². The van der Waals surface area contributed by atoms with Gasteiger partial charge in [-0.2, -0.15) is 0 Å². The van der Waals surface area contributed by atoms with E-state index in [-0.39, 0.29) is 23.5 Å². The quantitative estimate of drug-likeness (QED) is 0.511. The lowest BCUT2D eigenvalue weighted by atomic mass is 9.72. The highest BCUT2D eigenvalue weighted by molar-refractivity contribution is 6.06. The Kier molecular flexibility index (Phi) is 5.98. The van der Waals surface area contributed by atoms with Crippen molar-refractivity contribution in [3.05, 3.63) is 101 Å². The van der Waals surface area contributed by atoms with Gasteiger partial charge >= 0.3 is 0 Å². The summed E-state index contributed by atoms with van der Waals surface area (Å²) in [6.45, 7) is 1.69. The Balaban J connectivity index is 1.39. The van der Waals surface area contributed by atoms with Crippen molar-refractivity contribution in [3.8, 4) is 0 Å². The molecule has 170 valence electrons. The standard InChI is InChI=1S/C28H28F2N2O/c29-22-11-7-19(8-12-22)24(20-9-13-23(30)14-10-20)5-1-3-21-4-2-6-25-26(21)28(27(33)32-25)15-17-31-18-16-28/h2,4,6-14,24,31H,1,3,5,15-18H2,(H,32,33). The molecule has 2 aliphatic heterocycles. The third kappa shape index (κ3) is 4.18. The molecule has 0 atom stereocenters. The molecule has 0 aliphatic carbocycles. The summed E-state index contributed by atoms with van der Waals surface area (Å²) >= 11 is 0. The molecule has 1 saturated heterocycles. The van der Waals surface area contributed by atoms with Crippen molar-refractivity contribution in [1.82, 2.24) is 5.32 Å². The van der Waals surface area contributed by atoms with Crippen LogP contribution < -0.4 is 10.6 Å². The molecule has 1 spiro atoms. The van der Waals surface area contributed by atoms with Gasteiger partial charge in [0.2, 0.25) is 5.91 Å². The maximum Gasteiger partial charge on any atom is 0.235 e. The number of carbonyl (C=O) groups is 1. The second-order valence-corrected chi connectivity index (χ2v) is 9.17. The van der Waals surface area contributed by atoms with Crippen LogP contribution in [-0.2, 0) is 16.6 Å². The fourth-order valence-electron chi connectivity index (χ4n) is 5.58. The lowest BCUT2D eigenvalue weighted by Crippen LogP contribution is -2.44. The maximum absolute atomic E-state index is 13.5. The van der Waals surface area contributed by atoms with E-state index < -0.39 is 5.41 Å². The molecule has 0 unspecified atom stereocenters. The highest BCUT2D eigenvalue weighted by Crippen LogP contribution is 2.46. The van der Waals surface area contributed by atoms with Crippen LogP contribution in [0.4, 0.5) is 14.5 Å². The van der Waals surface area contributed by atoms with E-state index in [9.17, 15) is 13.6 Å². The first kappa shape index (κ1) is 21.8. The average molecular weight is 447 g/mol. The monoisotopic (exact) mass is 446 g/mol. The van der Waals surface area contributed by atoms with Gasteiger partial charge in [-0.15, -0.1) is 0 Å². The summed E-state index contributed by atoms with van der Waals surface area (Å²) in [6, 6.07) is 19.4. The number of anilines is 1. The van der Waals surface area contributed by atoms with Crippen LogP contribution in [0.5, 0.6) is 0 Å². The van der Waals surface area contributed by atoms with Crippen LogP contribution in [0.25, 0.3) is 0 Å². The van der Waals surface area contributed by atoms with Gasteiger partial charge < -0.3 is 10.6 Å². The third-order valence-electron chi connectivity index (χ3n) is 7.25. The van der Waals surface area contributed by atoms with E-state index in [2.05, 4.69) is 16.7 Å². The summed E-state index contributed by atoms with van der Waals surface area (Å²) in [5.41, 5.74) is 4.97. The third-order valence-corrected chi connectivity index (χ3v) is 7.25. The first-order chi connectivity index (χ1) is 16.1. The number of benzene rings is 3. The Labute approximate surface area is 193 Å². The molecule has 5 heteroatoms. The molecule has 3 nitrogen and oxygen atoms in total. The number of fused-ring (bicyclic) bond motifs is 2. The molecular weight excluding hydrogens is 418 g/mol. The molecule has 5 rings (SSSR count). The van der Waals surface area contributed by atoms with Crippen LogP contribution in [0.1, 0.15) is 53.9 Å². The summed E-state index contributed by atoms with van der Waals surface area (Å²) < 4.78 is 27.0. The molecule has 3 aromatic rings. The maximum atomic E-state index is 13.5. The molecular formula is C28H28F2N2O. The Morgan fingerprint density at radius 1 is 0.848 bits per heavy atom. The first-order valence-corrected chi connectivity index (χ1v) is 11.7. The van der Waals surface area contributed by atoms with E-state index in [1.54, 1.807) is 0 Å². The largest absolute Gasteiger partial charge is 0.325 e. The van der Waals surface area contributed by atoms with Crippen LogP contribution in [0, 0.1) is 11.6 Å². The van der Waals surface area contributed by atoms with Crippen molar-refractivity contribution < 1.29 is 13.6 Å². The second kappa shape index (κ2) is 9.06. The number of nitrogens with one attached hydrogen (secondary N) is 2. The van der Waals surface area contributed by atoms with Crippen molar-refractivity contribution >= 4 is 11.6 Å². The summed E-state index contributed by atoms with van der Waals surface area (Å²) in [7, 11) is 0. The minimum atomic E-state index is -0.426. The van der Waals surface area contributed by atoms with Gasteiger partial charge in [-0.25, -0.2) is 8.78 Å². The summed E-state index contributed by atoms with van der Waals surface area (Å²) in [5.74, 6) is -0.348. The number of amides is 1. The molecule has 2 N–H and O–H groups in total. The van der Waals surface area contributed by atoms with E-state index in [0.29, 0.717) is 0 Å². The lowest BCUT2D eigenvalue weighted by molar-refractivity contribution is -0.121. The Morgan fingerprint density at radius 2 is 1.45 bits per heavy atom. The summed E-state index contributed by atoms with van der Waals surface area (Å²) in [5, 5.41) is 6.50. The van der Waals surface area contributed by atoms with E-state index in [1.165, 1.54) is 35.4 Å². The topological polar surface area (TPSA) is 41.1 Å². The first-order valence-electron chi connectivity index (χ1n) is 11.7. The van der Waals surface area contributed by atoms with Crippen LogP contribution in [0.15, 0.2) is 66.7 Å². The van der Waals surface area contributed by atoms with Gasteiger partial charge in [0, 0.05) is 11.6 Å². The van der Waals surface area contributed by atoms with Crippen LogP contribution in [-0.4, -0.2) is 19.0 Å². The van der Waals surface area contributed by atoms with Gasteiger partial charge in [-0.05, 0) is 97.8 Å². The molecule has 3 aromatic carbocycles. The van der Waals surface area contributed by atoms with Gasteiger partial charge in [0.1, 0.15) is 11.6 Å². The number of piperidine rings is 1. The molecule has 1 amide bonds. The van der Waals surface area contributed by atoms with E-state index in [4.69, 9.17) is 0 Å². The van der Waals surface area contributed by atoms with Crippen molar-refractivity contribution in [2.24, 2.45) is 0 Å². The van der Waals surface area contributed by atoms with E-state index >= 15 is 0 Å². The van der Waals surface area contributed by atoms with Crippen molar-refractivity contribution in [2.75, 3.05) is 18.4 Å². The van der Waals surface area contributed by atoms with Crippen molar-refractivity contribution in [2.45, 2.75) is 43.4 Å². The lowest BCUT2D eigenvalue weighted by Gasteiger charge is -2.33. The highest BCUT2D eigenvalue weighted by Gasteiger charge is 2.48. The zero-order valence-corrected chi connectivity index (χ0v) is 18.5. The number of halogens is 2. The number of carbonyl (C=O) groups excluding carboxylic acids is 1.